The molecule has 1 N–H and O–H groups in total. The molecule has 1 aliphatic heterocycles. The summed E-state index contributed by atoms with van der Waals surface area (Å²) in [6, 6.07) is 4.00. The van der Waals surface area contributed by atoms with Gasteiger partial charge in [-0.25, -0.2) is 4.98 Å². The van der Waals surface area contributed by atoms with Crippen LogP contribution in [0.15, 0.2) is 40.1 Å². The van der Waals surface area contributed by atoms with Crippen molar-refractivity contribution in [2.45, 2.75) is 42.2 Å². The first-order valence-corrected chi connectivity index (χ1v) is 12.8. The predicted molar refractivity (Wildman–Crippen MR) is 131 cm³/mol. The van der Waals surface area contributed by atoms with E-state index in [2.05, 4.69) is 16.9 Å². The Morgan fingerprint density at radius 2 is 1.85 bits per heavy atom. The minimum atomic E-state index is -0.0910. The Morgan fingerprint density at radius 1 is 1.12 bits per heavy atom. The average molecular weight is 485 g/mol. The molecule has 1 aromatic carbocycles. The molecule has 0 bridgehead atoms. The molecule has 0 spiro atoms. The number of aryl methyl sites for hydroxylation is 2. The number of nitrogens with zero attached hydrogens (tertiary/aromatic N) is 3. The van der Waals surface area contributed by atoms with Crippen molar-refractivity contribution in [2.24, 2.45) is 5.92 Å². The van der Waals surface area contributed by atoms with Crippen LogP contribution in [0.5, 0.6) is 0 Å². The van der Waals surface area contributed by atoms with Crippen molar-refractivity contribution in [1.29, 1.82) is 0 Å². The van der Waals surface area contributed by atoms with E-state index in [1.165, 1.54) is 17.4 Å². The predicted octanol–water partition coefficient (Wildman–Crippen LogP) is 4.12. The molecule has 2 fully saturated rings. The van der Waals surface area contributed by atoms with E-state index in [9.17, 15) is 14.4 Å². The lowest BCUT2D eigenvalue weighted by Gasteiger charge is -2.23. The third kappa shape index (κ3) is 5.65. The maximum atomic E-state index is 13.4. The highest BCUT2D eigenvalue weighted by atomic mass is 32.2. The molecule has 0 radical (unpaired) electrons. The SMILES string of the molecule is C=CC(=O)N1CCCN(C(=O)c2cc(Sc3cnc(NC(=O)C4CC4)s3)c(C)cc2C)CC1. The molecule has 0 unspecified atom stereocenters. The topological polar surface area (TPSA) is 82.6 Å². The van der Waals surface area contributed by atoms with E-state index in [1.807, 2.05) is 30.9 Å². The molecule has 1 aromatic heterocycles. The molecule has 1 aliphatic carbocycles. The lowest BCUT2D eigenvalue weighted by atomic mass is 10.0. The van der Waals surface area contributed by atoms with Crippen LogP contribution < -0.4 is 5.32 Å². The van der Waals surface area contributed by atoms with E-state index >= 15 is 0 Å². The van der Waals surface area contributed by atoms with Gasteiger partial charge in [0.2, 0.25) is 11.8 Å². The standard InChI is InChI=1S/C24H28N4O3S2/c1-4-20(29)27-8-5-9-28(11-10-27)23(31)18-13-19(16(3)12-15(18)2)32-21-14-25-24(33-21)26-22(30)17-6-7-17/h4,12-14,17H,1,5-11H2,2-3H3,(H,25,26,30). The number of benzene rings is 1. The molecule has 9 heteroatoms. The van der Waals surface area contributed by atoms with Crippen molar-refractivity contribution in [2.75, 3.05) is 31.5 Å². The molecule has 7 nitrogen and oxygen atoms in total. The van der Waals surface area contributed by atoms with Gasteiger partial charge in [0.05, 0.1) is 10.4 Å². The van der Waals surface area contributed by atoms with E-state index in [0.29, 0.717) is 36.9 Å². The number of carbonyl (C=O) groups excluding carboxylic acids is 3. The lowest BCUT2D eigenvalue weighted by Crippen LogP contribution is -2.37. The van der Waals surface area contributed by atoms with Gasteiger partial charge in [0.25, 0.3) is 5.91 Å². The molecule has 4 rings (SSSR count). The molecule has 1 saturated carbocycles. The highest BCUT2D eigenvalue weighted by molar-refractivity contribution is 8.01. The van der Waals surface area contributed by atoms with Crippen LogP contribution in [0.4, 0.5) is 5.13 Å². The fourth-order valence-electron chi connectivity index (χ4n) is 3.84. The fourth-order valence-corrected chi connectivity index (χ4v) is 5.78. The minimum Gasteiger partial charge on any atom is -0.337 e. The summed E-state index contributed by atoms with van der Waals surface area (Å²) in [6.07, 6.45) is 5.75. The van der Waals surface area contributed by atoms with Crippen LogP contribution in [0.2, 0.25) is 0 Å². The summed E-state index contributed by atoms with van der Waals surface area (Å²) in [6.45, 7) is 9.82. The van der Waals surface area contributed by atoms with Gasteiger partial charge in [-0.3, -0.25) is 14.4 Å². The quantitative estimate of drug-likeness (QED) is 0.624. The van der Waals surface area contributed by atoms with Gasteiger partial charge >= 0.3 is 0 Å². The first-order chi connectivity index (χ1) is 15.9. The van der Waals surface area contributed by atoms with Crippen molar-refractivity contribution >= 4 is 46.0 Å². The Hall–Kier alpha value is -2.65. The molecular formula is C24H28N4O3S2. The van der Waals surface area contributed by atoms with Gasteiger partial charge in [-0.15, -0.1) is 0 Å². The zero-order valence-corrected chi connectivity index (χ0v) is 20.6. The monoisotopic (exact) mass is 484 g/mol. The molecule has 2 aromatic rings. The Balaban J connectivity index is 1.47. The van der Waals surface area contributed by atoms with Crippen molar-refractivity contribution in [1.82, 2.24) is 14.8 Å². The van der Waals surface area contributed by atoms with Crippen molar-refractivity contribution in [3.8, 4) is 0 Å². The van der Waals surface area contributed by atoms with Crippen molar-refractivity contribution < 1.29 is 14.4 Å². The normalized spacial score (nSPS) is 16.3. The van der Waals surface area contributed by atoms with E-state index in [0.717, 1.165) is 39.5 Å². The summed E-state index contributed by atoms with van der Waals surface area (Å²) in [5, 5.41) is 3.50. The van der Waals surface area contributed by atoms with E-state index < -0.39 is 0 Å². The maximum absolute atomic E-state index is 13.4. The fraction of sp³-hybridized carbons (Fsp3) is 0.417. The van der Waals surface area contributed by atoms with Gasteiger partial charge in [-0.05, 0) is 56.4 Å². The third-order valence-electron chi connectivity index (χ3n) is 5.90. The van der Waals surface area contributed by atoms with E-state index in [1.54, 1.807) is 22.9 Å². The highest BCUT2D eigenvalue weighted by Crippen LogP contribution is 2.38. The minimum absolute atomic E-state index is 0.0102. The number of aromatic nitrogens is 1. The zero-order chi connectivity index (χ0) is 23.5. The van der Waals surface area contributed by atoms with Crippen LogP contribution in [0.3, 0.4) is 0 Å². The van der Waals surface area contributed by atoms with Gasteiger partial charge < -0.3 is 15.1 Å². The first-order valence-electron chi connectivity index (χ1n) is 11.1. The van der Waals surface area contributed by atoms with Crippen LogP contribution in [-0.4, -0.2) is 58.7 Å². The van der Waals surface area contributed by atoms with Gasteiger partial charge in [-0.1, -0.05) is 35.7 Å². The Kier molecular flexibility index (Phi) is 7.19. The Morgan fingerprint density at radius 3 is 2.58 bits per heavy atom. The number of hydrogen-bond acceptors (Lipinski definition) is 6. The van der Waals surface area contributed by atoms with Gasteiger partial charge in [0.1, 0.15) is 0 Å². The second-order valence-electron chi connectivity index (χ2n) is 8.46. The van der Waals surface area contributed by atoms with E-state index in [-0.39, 0.29) is 23.6 Å². The zero-order valence-electron chi connectivity index (χ0n) is 18.9. The largest absolute Gasteiger partial charge is 0.337 e. The van der Waals surface area contributed by atoms with Gasteiger partial charge in [0.15, 0.2) is 5.13 Å². The summed E-state index contributed by atoms with van der Waals surface area (Å²) in [5.41, 5.74) is 2.70. The van der Waals surface area contributed by atoms with Crippen LogP contribution in [0.1, 0.15) is 40.7 Å². The molecule has 2 heterocycles. The molecule has 2 aliphatic rings. The number of nitrogens with one attached hydrogen (secondary N) is 1. The number of anilines is 1. The Labute approximate surface area is 202 Å². The van der Waals surface area contributed by atoms with Crippen molar-refractivity contribution in [3.63, 3.8) is 0 Å². The summed E-state index contributed by atoms with van der Waals surface area (Å²) < 4.78 is 0.958. The van der Waals surface area contributed by atoms with Crippen molar-refractivity contribution in [3.05, 3.63) is 47.7 Å². The molecule has 174 valence electrons. The lowest BCUT2D eigenvalue weighted by molar-refractivity contribution is -0.125. The smallest absolute Gasteiger partial charge is 0.254 e. The first kappa shape index (κ1) is 23.5. The second kappa shape index (κ2) is 10.1. The molecule has 3 amide bonds. The molecule has 1 saturated heterocycles. The summed E-state index contributed by atoms with van der Waals surface area (Å²) in [4.78, 5) is 46.2. The number of hydrogen-bond donors (Lipinski definition) is 1. The van der Waals surface area contributed by atoms with Gasteiger partial charge in [-0.2, -0.15) is 0 Å². The van der Waals surface area contributed by atoms with Crippen LogP contribution in [0, 0.1) is 19.8 Å². The second-order valence-corrected chi connectivity index (χ2v) is 10.8. The number of carbonyl (C=O) groups is 3. The summed E-state index contributed by atoms with van der Waals surface area (Å²) >= 11 is 3.00. The average Bonchev–Trinajstić information content (AvgIpc) is 3.59. The highest BCUT2D eigenvalue weighted by Gasteiger charge is 2.30. The summed E-state index contributed by atoms with van der Waals surface area (Å²) in [7, 11) is 0. The molecule has 0 atom stereocenters. The Bertz CT molecular complexity index is 1090. The van der Waals surface area contributed by atoms with Crippen LogP contribution in [-0.2, 0) is 9.59 Å². The van der Waals surface area contributed by atoms with Gasteiger partial charge in [0, 0.05) is 42.6 Å². The number of rotatable bonds is 6. The van der Waals surface area contributed by atoms with Crippen LogP contribution in [0.25, 0.3) is 0 Å². The molecule has 33 heavy (non-hydrogen) atoms. The number of thiazole rings is 1. The summed E-state index contributed by atoms with van der Waals surface area (Å²) in [5.74, 6) is 0.0840. The third-order valence-corrected chi connectivity index (χ3v) is 8.07. The van der Waals surface area contributed by atoms with E-state index in [4.69, 9.17) is 0 Å². The maximum Gasteiger partial charge on any atom is 0.254 e. The number of amides is 3. The van der Waals surface area contributed by atoms with Crippen LogP contribution >= 0.6 is 23.1 Å². The molecular weight excluding hydrogens is 456 g/mol.